The highest BCUT2D eigenvalue weighted by Crippen LogP contribution is 2.03. The first kappa shape index (κ1) is 10.5. The summed E-state index contributed by atoms with van der Waals surface area (Å²) in [5, 5.41) is 11.9. The third-order valence-electron chi connectivity index (χ3n) is 2.51. The minimum Gasteiger partial charge on any atom is -0.310 e. The van der Waals surface area contributed by atoms with Crippen molar-refractivity contribution in [2.75, 3.05) is 26.2 Å². The van der Waals surface area contributed by atoms with Crippen molar-refractivity contribution in [2.24, 2.45) is 0 Å². The summed E-state index contributed by atoms with van der Waals surface area (Å²) >= 11 is 0. The zero-order valence-corrected chi connectivity index (χ0v) is 8.42. The van der Waals surface area contributed by atoms with Crippen molar-refractivity contribution in [1.82, 2.24) is 10.2 Å². The molecule has 0 saturated carbocycles. The standard InChI is InChI=1S/C10H19N3/c1-2-3-7-13-8-6-12-10(9-13)4-5-11/h10,12H,2-4,6-9H2,1H3. The molecule has 1 aliphatic heterocycles. The van der Waals surface area contributed by atoms with Crippen LogP contribution in [0, 0.1) is 11.3 Å². The Balaban J connectivity index is 2.21. The Hall–Kier alpha value is -0.590. The average molecular weight is 181 g/mol. The van der Waals surface area contributed by atoms with E-state index in [-0.39, 0.29) is 0 Å². The molecule has 13 heavy (non-hydrogen) atoms. The Morgan fingerprint density at radius 1 is 1.62 bits per heavy atom. The van der Waals surface area contributed by atoms with E-state index in [2.05, 4.69) is 23.2 Å². The summed E-state index contributed by atoms with van der Waals surface area (Å²) in [6.07, 6.45) is 3.18. The summed E-state index contributed by atoms with van der Waals surface area (Å²) in [7, 11) is 0. The molecule has 0 aromatic rings. The maximum absolute atomic E-state index is 8.57. The van der Waals surface area contributed by atoms with Gasteiger partial charge in [-0.25, -0.2) is 0 Å². The van der Waals surface area contributed by atoms with Crippen LogP contribution in [-0.2, 0) is 0 Å². The molecule has 74 valence electrons. The Morgan fingerprint density at radius 3 is 3.15 bits per heavy atom. The van der Waals surface area contributed by atoms with Gasteiger partial charge in [0.05, 0.1) is 12.5 Å². The van der Waals surface area contributed by atoms with Gasteiger partial charge in [0.1, 0.15) is 0 Å². The lowest BCUT2D eigenvalue weighted by molar-refractivity contribution is 0.199. The van der Waals surface area contributed by atoms with E-state index in [1.54, 1.807) is 0 Å². The molecule has 1 saturated heterocycles. The van der Waals surface area contributed by atoms with Crippen LogP contribution in [0.2, 0.25) is 0 Å². The van der Waals surface area contributed by atoms with Crippen LogP contribution in [-0.4, -0.2) is 37.1 Å². The van der Waals surface area contributed by atoms with Crippen LogP contribution in [0.1, 0.15) is 26.2 Å². The predicted molar refractivity (Wildman–Crippen MR) is 53.4 cm³/mol. The van der Waals surface area contributed by atoms with E-state index in [9.17, 15) is 0 Å². The van der Waals surface area contributed by atoms with Gasteiger partial charge in [-0.1, -0.05) is 13.3 Å². The molecule has 0 aromatic heterocycles. The van der Waals surface area contributed by atoms with Crippen molar-refractivity contribution in [3.05, 3.63) is 0 Å². The van der Waals surface area contributed by atoms with Gasteiger partial charge in [-0.2, -0.15) is 5.26 Å². The highest BCUT2D eigenvalue weighted by atomic mass is 15.2. The molecular formula is C10H19N3. The second-order valence-electron chi connectivity index (χ2n) is 3.67. The Morgan fingerprint density at radius 2 is 2.46 bits per heavy atom. The minimum absolute atomic E-state index is 0.399. The lowest BCUT2D eigenvalue weighted by Crippen LogP contribution is -2.50. The topological polar surface area (TPSA) is 39.1 Å². The molecule has 1 unspecified atom stereocenters. The van der Waals surface area contributed by atoms with Crippen LogP contribution >= 0.6 is 0 Å². The summed E-state index contributed by atoms with van der Waals surface area (Å²) in [5.41, 5.74) is 0. The van der Waals surface area contributed by atoms with E-state index in [4.69, 9.17) is 5.26 Å². The number of hydrogen-bond donors (Lipinski definition) is 1. The molecule has 1 rings (SSSR count). The number of rotatable bonds is 4. The number of nitriles is 1. The van der Waals surface area contributed by atoms with Gasteiger partial charge >= 0.3 is 0 Å². The van der Waals surface area contributed by atoms with Crippen LogP contribution in [0.3, 0.4) is 0 Å². The first-order chi connectivity index (χ1) is 6.36. The second-order valence-corrected chi connectivity index (χ2v) is 3.67. The molecule has 3 heteroatoms. The van der Waals surface area contributed by atoms with Gasteiger partial charge < -0.3 is 10.2 Å². The summed E-state index contributed by atoms with van der Waals surface area (Å²) in [6, 6.07) is 2.62. The van der Waals surface area contributed by atoms with Crippen LogP contribution < -0.4 is 5.32 Å². The number of nitrogens with one attached hydrogen (secondary N) is 1. The fraction of sp³-hybridized carbons (Fsp3) is 0.900. The molecule has 1 heterocycles. The van der Waals surface area contributed by atoms with Gasteiger partial charge in [0.25, 0.3) is 0 Å². The number of nitrogens with zero attached hydrogens (tertiary/aromatic N) is 2. The summed E-state index contributed by atoms with van der Waals surface area (Å²) in [5.74, 6) is 0. The molecular weight excluding hydrogens is 162 g/mol. The van der Waals surface area contributed by atoms with E-state index in [1.807, 2.05) is 0 Å². The van der Waals surface area contributed by atoms with Gasteiger partial charge in [0.2, 0.25) is 0 Å². The fourth-order valence-electron chi connectivity index (χ4n) is 1.73. The molecule has 0 aromatic carbocycles. The number of piperazine rings is 1. The Labute approximate surface area is 80.7 Å². The molecule has 0 amide bonds. The van der Waals surface area contributed by atoms with Crippen molar-refractivity contribution in [3.63, 3.8) is 0 Å². The molecule has 1 atom stereocenters. The zero-order valence-electron chi connectivity index (χ0n) is 8.42. The van der Waals surface area contributed by atoms with E-state index in [0.29, 0.717) is 12.5 Å². The summed E-state index contributed by atoms with van der Waals surface area (Å²) < 4.78 is 0. The van der Waals surface area contributed by atoms with E-state index < -0.39 is 0 Å². The van der Waals surface area contributed by atoms with E-state index in [0.717, 1.165) is 19.6 Å². The maximum atomic E-state index is 8.57. The lowest BCUT2D eigenvalue weighted by atomic mass is 10.1. The number of unbranched alkanes of at least 4 members (excludes halogenated alkanes) is 1. The smallest absolute Gasteiger partial charge is 0.0638 e. The highest BCUT2D eigenvalue weighted by molar-refractivity contribution is 4.86. The SMILES string of the molecule is CCCCN1CCNC(CC#N)C1. The third kappa shape index (κ3) is 3.75. The molecule has 0 aliphatic carbocycles. The normalized spacial score (nSPS) is 24.2. The molecule has 3 nitrogen and oxygen atoms in total. The predicted octanol–water partition coefficient (Wildman–Crippen LogP) is 0.974. The minimum atomic E-state index is 0.399. The maximum Gasteiger partial charge on any atom is 0.0638 e. The first-order valence-electron chi connectivity index (χ1n) is 5.19. The first-order valence-corrected chi connectivity index (χ1v) is 5.19. The fourth-order valence-corrected chi connectivity index (χ4v) is 1.73. The molecule has 0 bridgehead atoms. The number of hydrogen-bond acceptors (Lipinski definition) is 3. The Bertz CT molecular complexity index is 173. The Kier molecular flexibility index (Phi) is 4.81. The zero-order chi connectivity index (χ0) is 9.52. The van der Waals surface area contributed by atoms with Crippen LogP contribution in [0.25, 0.3) is 0 Å². The average Bonchev–Trinajstić information content (AvgIpc) is 2.16. The summed E-state index contributed by atoms with van der Waals surface area (Å²) in [6.45, 7) is 6.64. The van der Waals surface area contributed by atoms with Crippen molar-refractivity contribution in [2.45, 2.75) is 32.2 Å². The van der Waals surface area contributed by atoms with Crippen molar-refractivity contribution < 1.29 is 0 Å². The van der Waals surface area contributed by atoms with Crippen molar-refractivity contribution in [1.29, 1.82) is 5.26 Å². The monoisotopic (exact) mass is 181 g/mol. The van der Waals surface area contributed by atoms with Crippen molar-refractivity contribution in [3.8, 4) is 6.07 Å². The molecule has 1 aliphatic rings. The highest BCUT2D eigenvalue weighted by Gasteiger charge is 2.17. The summed E-state index contributed by atoms with van der Waals surface area (Å²) in [4.78, 5) is 2.46. The van der Waals surface area contributed by atoms with Gasteiger partial charge in [-0.3, -0.25) is 0 Å². The molecule has 0 spiro atoms. The van der Waals surface area contributed by atoms with Gasteiger partial charge in [0, 0.05) is 25.7 Å². The van der Waals surface area contributed by atoms with Gasteiger partial charge in [-0.15, -0.1) is 0 Å². The quantitative estimate of drug-likeness (QED) is 0.702. The largest absolute Gasteiger partial charge is 0.310 e. The van der Waals surface area contributed by atoms with Gasteiger partial charge in [0.15, 0.2) is 0 Å². The van der Waals surface area contributed by atoms with Crippen LogP contribution in [0.4, 0.5) is 0 Å². The molecule has 0 radical (unpaired) electrons. The van der Waals surface area contributed by atoms with E-state index >= 15 is 0 Å². The molecule has 1 N–H and O–H groups in total. The third-order valence-corrected chi connectivity index (χ3v) is 2.51. The molecule has 1 fully saturated rings. The van der Waals surface area contributed by atoms with Crippen molar-refractivity contribution >= 4 is 0 Å². The van der Waals surface area contributed by atoms with Gasteiger partial charge in [-0.05, 0) is 13.0 Å². The second kappa shape index (κ2) is 5.95. The van der Waals surface area contributed by atoms with E-state index in [1.165, 1.54) is 19.4 Å². The van der Waals surface area contributed by atoms with Crippen LogP contribution in [0.5, 0.6) is 0 Å². The van der Waals surface area contributed by atoms with Crippen LogP contribution in [0.15, 0.2) is 0 Å². The lowest BCUT2D eigenvalue weighted by Gasteiger charge is -2.32.